The Morgan fingerprint density at radius 1 is 1.24 bits per heavy atom. The summed E-state index contributed by atoms with van der Waals surface area (Å²) in [6.45, 7) is 5.87. The second-order valence-electron chi connectivity index (χ2n) is 6.87. The standard InChI is InChI=1S/C19H20N10/c1-10-5-6-29-16(10)15(14-7-11(2)26-28(14)4)25-18(27-29)12(3)24-19-13(8-20)17(21)22-9-23-19/h5-7,9,12H,1-4H3,(H3,21,22,23,24). The van der Waals surface area contributed by atoms with Crippen LogP contribution in [0.1, 0.15) is 35.6 Å². The number of nitrogens with zero attached hydrogens (tertiary/aromatic N) is 8. The van der Waals surface area contributed by atoms with Crippen LogP contribution in [-0.2, 0) is 7.05 Å². The minimum atomic E-state index is -0.336. The molecule has 4 heterocycles. The highest BCUT2D eigenvalue weighted by Crippen LogP contribution is 2.28. The lowest BCUT2D eigenvalue weighted by molar-refractivity contribution is 0.720. The SMILES string of the molecule is Cc1cc(-c2nc(C(C)Nc3ncnc(N)c3C#N)nn3ccc(C)c23)n(C)n1. The van der Waals surface area contributed by atoms with E-state index in [9.17, 15) is 5.26 Å². The molecule has 4 rings (SSSR count). The Labute approximate surface area is 167 Å². The van der Waals surface area contributed by atoms with Gasteiger partial charge in [0.2, 0.25) is 0 Å². The third kappa shape index (κ3) is 3.12. The highest BCUT2D eigenvalue weighted by atomic mass is 15.3. The van der Waals surface area contributed by atoms with Gasteiger partial charge in [0.25, 0.3) is 0 Å². The first-order chi connectivity index (χ1) is 13.9. The number of fused-ring (bicyclic) bond motifs is 1. The van der Waals surface area contributed by atoms with E-state index >= 15 is 0 Å². The Kier molecular flexibility index (Phi) is 4.35. The fraction of sp³-hybridized carbons (Fsp3) is 0.263. The maximum absolute atomic E-state index is 9.36. The van der Waals surface area contributed by atoms with Crippen LogP contribution in [-0.4, -0.2) is 34.3 Å². The smallest absolute Gasteiger partial charge is 0.172 e. The Morgan fingerprint density at radius 3 is 2.72 bits per heavy atom. The molecular weight excluding hydrogens is 368 g/mol. The molecular formula is C19H20N10. The number of rotatable bonds is 4. The zero-order valence-corrected chi connectivity index (χ0v) is 16.5. The lowest BCUT2D eigenvalue weighted by atomic mass is 10.2. The number of aromatic nitrogens is 7. The molecule has 0 aliphatic heterocycles. The van der Waals surface area contributed by atoms with Gasteiger partial charge in [-0.2, -0.15) is 15.5 Å². The molecule has 0 fully saturated rings. The van der Waals surface area contributed by atoms with Crippen LogP contribution in [0.3, 0.4) is 0 Å². The molecule has 0 aliphatic rings. The molecule has 10 heteroatoms. The third-order valence-corrected chi connectivity index (χ3v) is 4.70. The van der Waals surface area contributed by atoms with E-state index in [1.807, 2.05) is 61.4 Å². The largest absolute Gasteiger partial charge is 0.382 e. The third-order valence-electron chi connectivity index (χ3n) is 4.70. The van der Waals surface area contributed by atoms with Crippen LogP contribution >= 0.6 is 0 Å². The van der Waals surface area contributed by atoms with Gasteiger partial charge in [0.15, 0.2) is 5.82 Å². The van der Waals surface area contributed by atoms with E-state index in [4.69, 9.17) is 10.7 Å². The van der Waals surface area contributed by atoms with E-state index in [-0.39, 0.29) is 17.4 Å². The summed E-state index contributed by atoms with van der Waals surface area (Å²) < 4.78 is 3.62. The first-order valence-corrected chi connectivity index (χ1v) is 9.03. The lowest BCUT2D eigenvalue weighted by Gasteiger charge is -2.16. The molecule has 4 aromatic rings. The molecule has 0 aromatic carbocycles. The van der Waals surface area contributed by atoms with Crippen molar-refractivity contribution >= 4 is 17.2 Å². The maximum atomic E-state index is 9.36. The van der Waals surface area contributed by atoms with Crippen molar-refractivity contribution in [3.8, 4) is 17.5 Å². The van der Waals surface area contributed by atoms with Gasteiger partial charge < -0.3 is 11.1 Å². The summed E-state index contributed by atoms with van der Waals surface area (Å²) in [5, 5.41) is 21.6. The summed E-state index contributed by atoms with van der Waals surface area (Å²) in [4.78, 5) is 12.8. The van der Waals surface area contributed by atoms with Crippen molar-refractivity contribution in [2.24, 2.45) is 7.05 Å². The number of nitrogens with two attached hydrogens (primary N) is 1. The van der Waals surface area contributed by atoms with Gasteiger partial charge in [0.1, 0.15) is 35.3 Å². The van der Waals surface area contributed by atoms with Crippen molar-refractivity contribution in [1.29, 1.82) is 5.26 Å². The monoisotopic (exact) mass is 388 g/mol. The molecule has 1 atom stereocenters. The maximum Gasteiger partial charge on any atom is 0.172 e. The molecule has 0 amide bonds. The van der Waals surface area contributed by atoms with Gasteiger partial charge in [-0.25, -0.2) is 19.5 Å². The van der Waals surface area contributed by atoms with Crippen LogP contribution in [0.25, 0.3) is 16.9 Å². The zero-order chi connectivity index (χ0) is 20.7. The summed E-state index contributed by atoms with van der Waals surface area (Å²) in [5.41, 5.74) is 10.6. The number of nitriles is 1. The van der Waals surface area contributed by atoms with Crippen molar-refractivity contribution < 1.29 is 0 Å². The Hall–Kier alpha value is -4.00. The molecule has 0 saturated heterocycles. The first kappa shape index (κ1) is 18.4. The normalized spacial score (nSPS) is 12.1. The van der Waals surface area contributed by atoms with E-state index < -0.39 is 0 Å². The number of hydrogen-bond acceptors (Lipinski definition) is 8. The molecule has 29 heavy (non-hydrogen) atoms. The Bertz CT molecular complexity index is 1260. The van der Waals surface area contributed by atoms with Crippen LogP contribution in [0.15, 0.2) is 24.7 Å². The molecule has 0 aliphatic carbocycles. The molecule has 4 aromatic heterocycles. The molecule has 3 N–H and O–H groups in total. The van der Waals surface area contributed by atoms with Gasteiger partial charge in [0, 0.05) is 13.2 Å². The van der Waals surface area contributed by atoms with Gasteiger partial charge in [-0.3, -0.25) is 4.68 Å². The molecule has 146 valence electrons. The van der Waals surface area contributed by atoms with Crippen molar-refractivity contribution in [3.05, 3.63) is 47.3 Å². The summed E-state index contributed by atoms with van der Waals surface area (Å²) >= 11 is 0. The topological polar surface area (TPSA) is 136 Å². The van der Waals surface area contributed by atoms with E-state index in [0.717, 1.165) is 28.2 Å². The van der Waals surface area contributed by atoms with Crippen molar-refractivity contribution in [2.75, 3.05) is 11.1 Å². The van der Waals surface area contributed by atoms with E-state index in [1.54, 1.807) is 0 Å². The zero-order valence-electron chi connectivity index (χ0n) is 16.5. The van der Waals surface area contributed by atoms with Crippen molar-refractivity contribution in [1.82, 2.24) is 34.3 Å². The van der Waals surface area contributed by atoms with Crippen molar-refractivity contribution in [2.45, 2.75) is 26.8 Å². The molecule has 10 nitrogen and oxygen atoms in total. The highest BCUT2D eigenvalue weighted by Gasteiger charge is 2.20. The second kappa shape index (κ2) is 6.87. The summed E-state index contributed by atoms with van der Waals surface area (Å²) in [6, 6.07) is 5.69. The van der Waals surface area contributed by atoms with Crippen LogP contribution in [0, 0.1) is 25.2 Å². The molecule has 0 bridgehead atoms. The van der Waals surface area contributed by atoms with Gasteiger partial charge in [0.05, 0.1) is 22.9 Å². The first-order valence-electron chi connectivity index (χ1n) is 9.03. The van der Waals surface area contributed by atoms with Crippen LogP contribution in [0.5, 0.6) is 0 Å². The van der Waals surface area contributed by atoms with Gasteiger partial charge in [-0.15, -0.1) is 0 Å². The fourth-order valence-electron chi connectivity index (χ4n) is 3.28. The molecule has 1 unspecified atom stereocenters. The fourth-order valence-corrected chi connectivity index (χ4v) is 3.28. The predicted octanol–water partition coefficient (Wildman–Crippen LogP) is 2.16. The highest BCUT2D eigenvalue weighted by molar-refractivity contribution is 5.78. The van der Waals surface area contributed by atoms with Crippen molar-refractivity contribution in [3.63, 3.8) is 0 Å². The minimum Gasteiger partial charge on any atom is -0.382 e. The minimum absolute atomic E-state index is 0.126. The predicted molar refractivity (Wildman–Crippen MR) is 108 cm³/mol. The Morgan fingerprint density at radius 2 is 2.03 bits per heavy atom. The summed E-state index contributed by atoms with van der Waals surface area (Å²) in [6.07, 6.45) is 3.22. The number of aryl methyl sites for hydroxylation is 3. The van der Waals surface area contributed by atoms with Gasteiger partial charge in [-0.1, -0.05) is 0 Å². The summed E-state index contributed by atoms with van der Waals surface area (Å²) in [7, 11) is 1.89. The van der Waals surface area contributed by atoms with Crippen LogP contribution in [0.2, 0.25) is 0 Å². The average molecular weight is 388 g/mol. The van der Waals surface area contributed by atoms with E-state index in [2.05, 4.69) is 25.5 Å². The van der Waals surface area contributed by atoms with Gasteiger partial charge >= 0.3 is 0 Å². The Balaban J connectivity index is 1.82. The quantitative estimate of drug-likeness (QED) is 0.543. The second-order valence-corrected chi connectivity index (χ2v) is 6.87. The van der Waals surface area contributed by atoms with Crippen LogP contribution in [0.4, 0.5) is 11.6 Å². The molecule has 0 saturated carbocycles. The van der Waals surface area contributed by atoms with E-state index in [1.165, 1.54) is 6.33 Å². The summed E-state index contributed by atoms with van der Waals surface area (Å²) in [5.74, 6) is 1.02. The molecule has 0 spiro atoms. The van der Waals surface area contributed by atoms with E-state index in [0.29, 0.717) is 11.6 Å². The molecule has 0 radical (unpaired) electrons. The lowest BCUT2D eigenvalue weighted by Crippen LogP contribution is -2.16. The number of hydrogen-bond donors (Lipinski definition) is 2. The number of nitrogens with one attached hydrogen (secondary N) is 1. The average Bonchev–Trinajstić information content (AvgIpc) is 3.23. The van der Waals surface area contributed by atoms with Gasteiger partial charge in [-0.05, 0) is 38.5 Å². The number of anilines is 2. The number of nitrogen functional groups attached to an aromatic ring is 1. The van der Waals surface area contributed by atoms with Crippen LogP contribution < -0.4 is 11.1 Å².